The van der Waals surface area contributed by atoms with Crippen molar-refractivity contribution in [2.24, 2.45) is 17.6 Å². The summed E-state index contributed by atoms with van der Waals surface area (Å²) in [5.41, 5.74) is 10.6. The molecule has 4 aromatic rings. The summed E-state index contributed by atoms with van der Waals surface area (Å²) in [6.07, 6.45) is 3.66. The van der Waals surface area contributed by atoms with E-state index in [1.165, 1.54) is 0 Å². The van der Waals surface area contributed by atoms with E-state index < -0.39 is 6.04 Å². The zero-order valence-electron chi connectivity index (χ0n) is 28.3. The summed E-state index contributed by atoms with van der Waals surface area (Å²) >= 11 is 0. The van der Waals surface area contributed by atoms with Crippen LogP contribution < -0.4 is 21.7 Å². The molecule has 0 bridgehead atoms. The molecular weight excluding hydrogens is 618 g/mol. The van der Waals surface area contributed by atoms with Crippen molar-refractivity contribution in [3.05, 3.63) is 83.9 Å². The molecule has 1 aliphatic rings. The molecule has 5 rings (SSSR count). The molecule has 6 N–H and O–H groups in total. The van der Waals surface area contributed by atoms with Crippen LogP contribution in [0.2, 0.25) is 0 Å². The Morgan fingerprint density at radius 1 is 0.918 bits per heavy atom. The summed E-state index contributed by atoms with van der Waals surface area (Å²) in [5.74, 6) is 0.242. The van der Waals surface area contributed by atoms with Crippen LogP contribution in [-0.2, 0) is 16.0 Å². The molecule has 0 radical (unpaired) electrons. The number of hydrogen-bond acceptors (Lipinski definition) is 8. The molecule has 1 aromatic heterocycles. The molecule has 12 nitrogen and oxygen atoms in total. The number of tetrazole rings is 1. The molecule has 3 amide bonds. The molecule has 0 aliphatic heterocycles. The van der Waals surface area contributed by atoms with Crippen molar-refractivity contribution in [3.63, 3.8) is 0 Å². The minimum Gasteiger partial charge on any atom is -0.351 e. The van der Waals surface area contributed by atoms with Crippen molar-refractivity contribution in [3.8, 4) is 22.5 Å². The van der Waals surface area contributed by atoms with Crippen LogP contribution in [0.4, 0.5) is 5.69 Å². The van der Waals surface area contributed by atoms with Crippen LogP contribution in [0.1, 0.15) is 55.5 Å². The van der Waals surface area contributed by atoms with Crippen LogP contribution in [-0.4, -0.2) is 82.0 Å². The number of carbonyl (C=O) groups excluding carboxylic acids is 3. The van der Waals surface area contributed by atoms with Crippen molar-refractivity contribution in [1.29, 1.82) is 0 Å². The Balaban J connectivity index is 1.27. The summed E-state index contributed by atoms with van der Waals surface area (Å²) in [6.45, 7) is 8.16. The Morgan fingerprint density at radius 3 is 2.29 bits per heavy atom. The molecular formula is C37H47N9O3. The Hall–Kier alpha value is -4.94. The normalized spacial score (nSPS) is 16.6. The van der Waals surface area contributed by atoms with E-state index in [0.29, 0.717) is 42.5 Å². The Kier molecular flexibility index (Phi) is 12.6. The topological polar surface area (TPSA) is 171 Å². The quantitative estimate of drug-likeness (QED) is 0.127. The lowest BCUT2D eigenvalue weighted by Crippen LogP contribution is -2.48. The number of nitrogens with zero attached hydrogens (tertiary/aromatic N) is 4. The summed E-state index contributed by atoms with van der Waals surface area (Å²) in [5, 5.41) is 23.1. The lowest BCUT2D eigenvalue weighted by atomic mass is 9.81. The first-order valence-electron chi connectivity index (χ1n) is 17.2. The fraction of sp³-hybridized carbons (Fsp3) is 0.405. The predicted octanol–water partition coefficient (Wildman–Crippen LogP) is 4.04. The maximum Gasteiger partial charge on any atom is 0.251 e. The van der Waals surface area contributed by atoms with E-state index in [0.717, 1.165) is 67.6 Å². The van der Waals surface area contributed by atoms with Gasteiger partial charge >= 0.3 is 0 Å². The van der Waals surface area contributed by atoms with Gasteiger partial charge in [-0.1, -0.05) is 50.2 Å². The second-order valence-corrected chi connectivity index (χ2v) is 12.6. The second kappa shape index (κ2) is 17.5. The van der Waals surface area contributed by atoms with Crippen molar-refractivity contribution in [2.45, 2.75) is 52.0 Å². The molecule has 0 unspecified atom stereocenters. The standard InChI is InChI=1S/C37H47N9O3/c1-3-46(4-2)21-20-39-35(47)29-14-12-27(13-15-29)31-7-5-6-26(22-31)23-33(41-36(48)30-10-8-25(24-38)9-11-30)37(49)40-32-18-16-28(17-19-32)34-42-44-45-43-34/h5-7,12-19,22,25,30,33H,3-4,8-11,20-21,23-24,38H2,1-2H3,(H,39,47)(H,40,49)(H,41,48)(H,42,43,44,45)/t25?,30?,33-/m0/s1. The highest BCUT2D eigenvalue weighted by Gasteiger charge is 2.29. The van der Waals surface area contributed by atoms with Gasteiger partial charge in [-0.2, -0.15) is 5.21 Å². The van der Waals surface area contributed by atoms with Gasteiger partial charge in [-0.05, 0) is 110 Å². The summed E-state index contributed by atoms with van der Waals surface area (Å²) in [7, 11) is 0. The van der Waals surface area contributed by atoms with Crippen LogP contribution in [0.3, 0.4) is 0 Å². The molecule has 258 valence electrons. The van der Waals surface area contributed by atoms with Gasteiger partial charge in [-0.25, -0.2) is 0 Å². The number of rotatable bonds is 15. The highest BCUT2D eigenvalue weighted by Crippen LogP contribution is 2.29. The van der Waals surface area contributed by atoms with E-state index in [1.807, 2.05) is 48.5 Å². The Morgan fingerprint density at radius 2 is 1.63 bits per heavy atom. The molecule has 0 saturated heterocycles. The van der Waals surface area contributed by atoms with Crippen molar-refractivity contribution < 1.29 is 14.4 Å². The number of aromatic nitrogens is 4. The smallest absolute Gasteiger partial charge is 0.251 e. The highest BCUT2D eigenvalue weighted by atomic mass is 16.2. The maximum absolute atomic E-state index is 13.7. The van der Waals surface area contributed by atoms with Gasteiger partial charge in [-0.15, -0.1) is 10.2 Å². The van der Waals surface area contributed by atoms with Crippen molar-refractivity contribution in [1.82, 2.24) is 36.2 Å². The lowest BCUT2D eigenvalue weighted by molar-refractivity contribution is -0.130. The first-order valence-corrected chi connectivity index (χ1v) is 17.2. The van der Waals surface area contributed by atoms with Gasteiger partial charge in [-0.3, -0.25) is 14.4 Å². The van der Waals surface area contributed by atoms with E-state index in [4.69, 9.17) is 5.73 Å². The van der Waals surface area contributed by atoms with Crippen LogP contribution in [0, 0.1) is 11.8 Å². The molecule has 0 spiro atoms. The largest absolute Gasteiger partial charge is 0.351 e. The van der Waals surface area contributed by atoms with Gasteiger partial charge in [0.2, 0.25) is 17.6 Å². The van der Waals surface area contributed by atoms with Gasteiger partial charge in [0, 0.05) is 42.2 Å². The van der Waals surface area contributed by atoms with Gasteiger partial charge in [0.05, 0.1) is 0 Å². The number of H-pyrrole nitrogens is 1. The van der Waals surface area contributed by atoms with Crippen LogP contribution in [0.5, 0.6) is 0 Å². The number of nitrogens with two attached hydrogens (primary N) is 1. The number of likely N-dealkylation sites (N-methyl/N-ethyl adjacent to an activating group) is 1. The third-order valence-corrected chi connectivity index (χ3v) is 9.40. The monoisotopic (exact) mass is 665 g/mol. The Labute approximate surface area is 287 Å². The third kappa shape index (κ3) is 9.80. The van der Waals surface area contributed by atoms with Gasteiger partial charge in [0.15, 0.2) is 0 Å². The summed E-state index contributed by atoms with van der Waals surface area (Å²) in [4.78, 5) is 42.2. The third-order valence-electron chi connectivity index (χ3n) is 9.40. The Bertz CT molecular complexity index is 1650. The van der Waals surface area contributed by atoms with E-state index >= 15 is 0 Å². The second-order valence-electron chi connectivity index (χ2n) is 12.6. The first-order chi connectivity index (χ1) is 23.9. The van der Waals surface area contributed by atoms with Crippen LogP contribution in [0.25, 0.3) is 22.5 Å². The zero-order chi connectivity index (χ0) is 34.6. The summed E-state index contributed by atoms with van der Waals surface area (Å²) in [6, 6.07) is 21.8. The van der Waals surface area contributed by atoms with Gasteiger partial charge in [0.1, 0.15) is 6.04 Å². The van der Waals surface area contributed by atoms with Crippen LogP contribution >= 0.6 is 0 Å². The van der Waals surface area contributed by atoms with E-state index in [-0.39, 0.29) is 23.6 Å². The average Bonchev–Trinajstić information content (AvgIpc) is 3.69. The molecule has 1 aliphatic carbocycles. The first kappa shape index (κ1) is 35.4. The molecule has 1 heterocycles. The molecule has 3 aromatic carbocycles. The minimum atomic E-state index is -0.797. The predicted molar refractivity (Wildman–Crippen MR) is 190 cm³/mol. The van der Waals surface area contributed by atoms with E-state index in [2.05, 4.69) is 55.3 Å². The van der Waals surface area contributed by atoms with Crippen molar-refractivity contribution in [2.75, 3.05) is 38.0 Å². The number of benzene rings is 3. The average molecular weight is 666 g/mol. The number of aromatic amines is 1. The molecule has 1 fully saturated rings. The number of amides is 3. The van der Waals surface area contributed by atoms with E-state index in [1.54, 1.807) is 24.3 Å². The number of anilines is 1. The van der Waals surface area contributed by atoms with Gasteiger partial charge in [0.25, 0.3) is 5.91 Å². The minimum absolute atomic E-state index is 0.0991. The fourth-order valence-corrected chi connectivity index (χ4v) is 6.27. The van der Waals surface area contributed by atoms with Crippen molar-refractivity contribution >= 4 is 23.4 Å². The number of hydrogen-bond donors (Lipinski definition) is 5. The zero-order valence-corrected chi connectivity index (χ0v) is 28.3. The SMILES string of the molecule is CCN(CC)CCNC(=O)c1ccc(-c2cccc(C[C@H](NC(=O)C3CCC(CN)CC3)C(=O)Nc3ccc(-c4nn[nH]n4)cc3)c2)cc1. The maximum atomic E-state index is 13.7. The fourth-order valence-electron chi connectivity index (χ4n) is 6.27. The number of carbonyl (C=O) groups is 3. The lowest BCUT2D eigenvalue weighted by Gasteiger charge is -2.28. The molecule has 1 saturated carbocycles. The van der Waals surface area contributed by atoms with Gasteiger partial charge < -0.3 is 26.6 Å². The molecule has 1 atom stereocenters. The number of nitrogens with one attached hydrogen (secondary N) is 4. The highest BCUT2D eigenvalue weighted by molar-refractivity contribution is 5.98. The van der Waals surface area contributed by atoms with Crippen LogP contribution in [0.15, 0.2) is 72.8 Å². The van der Waals surface area contributed by atoms with E-state index in [9.17, 15) is 14.4 Å². The molecule has 49 heavy (non-hydrogen) atoms. The summed E-state index contributed by atoms with van der Waals surface area (Å²) < 4.78 is 0. The molecule has 12 heteroatoms.